The van der Waals surface area contributed by atoms with Crippen molar-refractivity contribution in [2.45, 2.75) is 32.7 Å². The zero-order valence-electron chi connectivity index (χ0n) is 8.68. The first kappa shape index (κ1) is 9.50. The molecule has 0 aliphatic heterocycles. The molecule has 0 radical (unpaired) electrons. The van der Waals surface area contributed by atoms with Gasteiger partial charge in [0.1, 0.15) is 5.82 Å². The van der Waals surface area contributed by atoms with Crippen LogP contribution < -0.4 is 5.32 Å². The van der Waals surface area contributed by atoms with Crippen LogP contribution in [-0.2, 0) is 0 Å². The van der Waals surface area contributed by atoms with Gasteiger partial charge in [0, 0.05) is 11.7 Å². The third-order valence-corrected chi connectivity index (χ3v) is 2.79. The maximum atomic E-state index is 13.0. The number of hydrogen-bond acceptors (Lipinski definition) is 1. The number of anilines is 1. The standard InChI is InChI=1S/C12H16FN/c1-8-3-10(13)7-12(4-8)14-11-5-9(2)6-11/h3-4,7,9,11,14H,5-6H2,1-2H3. The van der Waals surface area contributed by atoms with E-state index in [-0.39, 0.29) is 5.82 Å². The van der Waals surface area contributed by atoms with Crippen molar-refractivity contribution in [2.75, 3.05) is 5.32 Å². The summed E-state index contributed by atoms with van der Waals surface area (Å²) < 4.78 is 13.0. The van der Waals surface area contributed by atoms with Crippen LogP contribution in [0.5, 0.6) is 0 Å². The molecule has 1 aromatic rings. The highest BCUT2D eigenvalue weighted by Gasteiger charge is 2.24. The molecule has 0 amide bonds. The third-order valence-electron chi connectivity index (χ3n) is 2.79. The molecule has 0 aromatic heterocycles. The van der Waals surface area contributed by atoms with Crippen molar-refractivity contribution in [2.24, 2.45) is 5.92 Å². The van der Waals surface area contributed by atoms with Crippen LogP contribution in [0.3, 0.4) is 0 Å². The first-order valence-electron chi connectivity index (χ1n) is 5.17. The average molecular weight is 193 g/mol. The van der Waals surface area contributed by atoms with E-state index >= 15 is 0 Å². The smallest absolute Gasteiger partial charge is 0.125 e. The topological polar surface area (TPSA) is 12.0 Å². The maximum Gasteiger partial charge on any atom is 0.125 e. The van der Waals surface area contributed by atoms with Crippen molar-refractivity contribution in [1.29, 1.82) is 0 Å². The molecule has 76 valence electrons. The Morgan fingerprint density at radius 3 is 2.57 bits per heavy atom. The predicted molar refractivity (Wildman–Crippen MR) is 56.9 cm³/mol. The molecule has 1 nitrogen and oxygen atoms in total. The molecule has 1 aliphatic rings. The zero-order valence-corrected chi connectivity index (χ0v) is 8.68. The second kappa shape index (κ2) is 3.60. The van der Waals surface area contributed by atoms with Gasteiger partial charge in [-0.25, -0.2) is 4.39 Å². The van der Waals surface area contributed by atoms with E-state index in [0.29, 0.717) is 6.04 Å². The van der Waals surface area contributed by atoms with Crippen LogP contribution in [0, 0.1) is 18.7 Å². The summed E-state index contributed by atoms with van der Waals surface area (Å²) in [6, 6.07) is 5.66. The zero-order chi connectivity index (χ0) is 10.1. The van der Waals surface area contributed by atoms with Crippen LogP contribution in [0.25, 0.3) is 0 Å². The van der Waals surface area contributed by atoms with Gasteiger partial charge in [0.2, 0.25) is 0 Å². The van der Waals surface area contributed by atoms with Crippen LogP contribution in [0.4, 0.5) is 10.1 Å². The van der Waals surface area contributed by atoms with E-state index in [9.17, 15) is 4.39 Å². The predicted octanol–water partition coefficient (Wildman–Crippen LogP) is 3.34. The summed E-state index contributed by atoms with van der Waals surface area (Å²) in [7, 11) is 0. The number of aryl methyl sites for hydroxylation is 1. The van der Waals surface area contributed by atoms with Gasteiger partial charge in [-0.3, -0.25) is 0 Å². The summed E-state index contributed by atoms with van der Waals surface area (Å²) in [5.41, 5.74) is 1.89. The Bertz CT molecular complexity index is 309. The summed E-state index contributed by atoms with van der Waals surface area (Å²) in [5.74, 6) is 0.669. The molecule has 0 heterocycles. The molecular formula is C12H16FN. The van der Waals surface area contributed by atoms with Crippen LogP contribution in [-0.4, -0.2) is 6.04 Å². The fraction of sp³-hybridized carbons (Fsp3) is 0.500. The minimum absolute atomic E-state index is 0.153. The summed E-state index contributed by atoms with van der Waals surface area (Å²) in [5, 5.41) is 3.35. The van der Waals surface area contributed by atoms with Crippen molar-refractivity contribution >= 4 is 5.69 Å². The van der Waals surface area contributed by atoms with Gasteiger partial charge < -0.3 is 5.32 Å². The molecule has 1 saturated carbocycles. The van der Waals surface area contributed by atoms with Crippen molar-refractivity contribution < 1.29 is 4.39 Å². The van der Waals surface area contributed by atoms with Gasteiger partial charge >= 0.3 is 0 Å². The van der Waals surface area contributed by atoms with E-state index in [1.165, 1.54) is 12.8 Å². The van der Waals surface area contributed by atoms with Crippen molar-refractivity contribution in [1.82, 2.24) is 0 Å². The molecule has 14 heavy (non-hydrogen) atoms. The van der Waals surface area contributed by atoms with E-state index in [0.717, 1.165) is 17.2 Å². The van der Waals surface area contributed by atoms with Gasteiger partial charge in [-0.1, -0.05) is 6.92 Å². The largest absolute Gasteiger partial charge is 0.382 e. The Hall–Kier alpha value is -1.05. The SMILES string of the molecule is Cc1cc(F)cc(NC2CC(C)C2)c1. The number of benzene rings is 1. The fourth-order valence-electron chi connectivity index (χ4n) is 2.08. The first-order valence-corrected chi connectivity index (χ1v) is 5.17. The minimum Gasteiger partial charge on any atom is -0.382 e. The van der Waals surface area contributed by atoms with Gasteiger partial charge in [0.25, 0.3) is 0 Å². The molecule has 0 atom stereocenters. The van der Waals surface area contributed by atoms with Gasteiger partial charge in [0.15, 0.2) is 0 Å². The molecule has 0 bridgehead atoms. The van der Waals surface area contributed by atoms with Gasteiger partial charge in [-0.2, -0.15) is 0 Å². The van der Waals surface area contributed by atoms with Crippen molar-refractivity contribution in [3.8, 4) is 0 Å². The van der Waals surface area contributed by atoms with E-state index in [1.54, 1.807) is 12.1 Å². The van der Waals surface area contributed by atoms with Crippen LogP contribution >= 0.6 is 0 Å². The first-order chi connectivity index (χ1) is 6.63. The van der Waals surface area contributed by atoms with E-state index in [4.69, 9.17) is 0 Å². The number of nitrogens with one attached hydrogen (secondary N) is 1. The molecule has 2 rings (SSSR count). The third kappa shape index (κ3) is 2.06. The van der Waals surface area contributed by atoms with E-state index in [1.807, 2.05) is 13.0 Å². The minimum atomic E-state index is -0.153. The maximum absolute atomic E-state index is 13.0. The fourth-order valence-corrected chi connectivity index (χ4v) is 2.08. The van der Waals surface area contributed by atoms with Crippen molar-refractivity contribution in [3.63, 3.8) is 0 Å². The second-order valence-electron chi connectivity index (χ2n) is 4.44. The number of rotatable bonds is 2. The van der Waals surface area contributed by atoms with E-state index in [2.05, 4.69) is 12.2 Å². The Kier molecular flexibility index (Phi) is 2.44. The lowest BCUT2D eigenvalue weighted by Crippen LogP contribution is -2.33. The van der Waals surface area contributed by atoms with Crippen LogP contribution in [0.1, 0.15) is 25.3 Å². The molecule has 1 fully saturated rings. The highest BCUT2D eigenvalue weighted by molar-refractivity contribution is 5.47. The Morgan fingerprint density at radius 1 is 1.29 bits per heavy atom. The Morgan fingerprint density at radius 2 is 2.00 bits per heavy atom. The number of hydrogen-bond donors (Lipinski definition) is 1. The lowest BCUT2D eigenvalue weighted by Gasteiger charge is -2.34. The highest BCUT2D eigenvalue weighted by atomic mass is 19.1. The highest BCUT2D eigenvalue weighted by Crippen LogP contribution is 2.29. The van der Waals surface area contributed by atoms with Gasteiger partial charge in [-0.15, -0.1) is 0 Å². The average Bonchev–Trinajstić information content (AvgIpc) is 1.99. The van der Waals surface area contributed by atoms with Crippen LogP contribution in [0.15, 0.2) is 18.2 Å². The molecule has 0 saturated heterocycles. The molecule has 1 aliphatic carbocycles. The van der Waals surface area contributed by atoms with E-state index < -0.39 is 0 Å². The molecule has 1 aromatic carbocycles. The normalized spacial score (nSPS) is 25.6. The lowest BCUT2D eigenvalue weighted by atomic mass is 9.82. The lowest BCUT2D eigenvalue weighted by molar-refractivity contribution is 0.309. The van der Waals surface area contributed by atoms with Gasteiger partial charge in [-0.05, 0) is 49.4 Å². The quantitative estimate of drug-likeness (QED) is 0.759. The summed E-state index contributed by atoms with van der Waals surface area (Å²) in [6.07, 6.45) is 2.41. The number of halogens is 1. The van der Waals surface area contributed by atoms with Crippen LogP contribution in [0.2, 0.25) is 0 Å². The van der Waals surface area contributed by atoms with Crippen molar-refractivity contribution in [3.05, 3.63) is 29.6 Å². The molecule has 1 N–H and O–H groups in total. The molecule has 0 unspecified atom stereocenters. The molecule has 2 heteroatoms. The Balaban J connectivity index is 2.02. The molecule has 0 spiro atoms. The summed E-state index contributed by atoms with van der Waals surface area (Å²) in [6.45, 7) is 4.16. The monoisotopic (exact) mass is 193 g/mol. The Labute approximate surface area is 84.3 Å². The molecular weight excluding hydrogens is 177 g/mol. The summed E-state index contributed by atoms with van der Waals surface area (Å²) in [4.78, 5) is 0. The van der Waals surface area contributed by atoms with Gasteiger partial charge in [0.05, 0.1) is 0 Å². The summed E-state index contributed by atoms with van der Waals surface area (Å²) >= 11 is 0. The second-order valence-corrected chi connectivity index (χ2v) is 4.44.